The molecular weight excluding hydrogens is 228 g/mol. The summed E-state index contributed by atoms with van der Waals surface area (Å²) in [5.74, 6) is -1.57. The van der Waals surface area contributed by atoms with Crippen molar-refractivity contribution < 1.29 is 19.8 Å². The molecular formula is C11H14O4S. The molecule has 16 heavy (non-hydrogen) atoms. The lowest BCUT2D eigenvalue weighted by molar-refractivity contribution is -0.138. The van der Waals surface area contributed by atoms with Crippen molar-refractivity contribution in [2.24, 2.45) is 0 Å². The van der Waals surface area contributed by atoms with Crippen LogP contribution in [0.25, 0.3) is 0 Å². The number of hydrogen-bond donors (Lipinski definition) is 2. The fraction of sp³-hybridized carbons (Fsp3) is 0.455. The lowest BCUT2D eigenvalue weighted by atomic mass is 10.1. The van der Waals surface area contributed by atoms with Crippen molar-refractivity contribution in [3.63, 3.8) is 0 Å². The second kappa shape index (κ2) is 6.27. The highest BCUT2D eigenvalue weighted by Crippen LogP contribution is 2.18. The number of hydrogen-bond acceptors (Lipinski definition) is 3. The molecule has 0 aliphatic rings. The van der Waals surface area contributed by atoms with Gasteiger partial charge in [0.1, 0.15) is 0 Å². The van der Waals surface area contributed by atoms with Gasteiger partial charge in [-0.25, -0.2) is 0 Å². The minimum atomic E-state index is -0.791. The van der Waals surface area contributed by atoms with Crippen LogP contribution in [-0.2, 0) is 22.4 Å². The van der Waals surface area contributed by atoms with Gasteiger partial charge < -0.3 is 10.2 Å². The van der Waals surface area contributed by atoms with Gasteiger partial charge in [0.05, 0.1) is 6.42 Å². The van der Waals surface area contributed by atoms with Crippen molar-refractivity contribution >= 4 is 23.3 Å². The summed E-state index contributed by atoms with van der Waals surface area (Å²) in [6.45, 7) is 0. The quantitative estimate of drug-likeness (QED) is 0.768. The van der Waals surface area contributed by atoms with E-state index in [1.54, 1.807) is 0 Å². The third-order valence-electron chi connectivity index (χ3n) is 2.15. The van der Waals surface area contributed by atoms with E-state index in [0.29, 0.717) is 12.8 Å². The van der Waals surface area contributed by atoms with Crippen LogP contribution in [0.15, 0.2) is 11.4 Å². The molecule has 88 valence electrons. The van der Waals surface area contributed by atoms with Crippen LogP contribution in [0.3, 0.4) is 0 Å². The molecule has 0 saturated heterocycles. The van der Waals surface area contributed by atoms with Crippen molar-refractivity contribution in [1.82, 2.24) is 0 Å². The van der Waals surface area contributed by atoms with Crippen molar-refractivity contribution in [2.45, 2.75) is 32.1 Å². The minimum absolute atomic E-state index is 0.148. The molecule has 0 bridgehead atoms. The van der Waals surface area contributed by atoms with Crippen LogP contribution < -0.4 is 0 Å². The summed E-state index contributed by atoms with van der Waals surface area (Å²) < 4.78 is 0. The largest absolute Gasteiger partial charge is 0.481 e. The summed E-state index contributed by atoms with van der Waals surface area (Å²) in [4.78, 5) is 21.7. The Labute approximate surface area is 97.5 Å². The molecule has 1 rings (SSSR count). The standard InChI is InChI=1S/C11H14O4S/c12-10(13)3-1-2-8-6-9(16-7-8)4-5-11(14)15/h6-7H,1-5H2,(H,12,13)(H,14,15). The fourth-order valence-electron chi connectivity index (χ4n) is 1.36. The first kappa shape index (κ1) is 12.7. The van der Waals surface area contributed by atoms with E-state index >= 15 is 0 Å². The topological polar surface area (TPSA) is 74.6 Å². The Balaban J connectivity index is 2.33. The lowest BCUT2D eigenvalue weighted by Crippen LogP contribution is -1.96. The molecule has 0 atom stereocenters. The number of aryl methyl sites for hydroxylation is 2. The predicted molar refractivity (Wildman–Crippen MR) is 60.8 cm³/mol. The molecule has 0 unspecified atom stereocenters. The molecule has 0 saturated carbocycles. The lowest BCUT2D eigenvalue weighted by Gasteiger charge is -1.94. The van der Waals surface area contributed by atoms with E-state index < -0.39 is 11.9 Å². The average Bonchev–Trinajstić information content (AvgIpc) is 2.62. The molecule has 1 aromatic heterocycles. The van der Waals surface area contributed by atoms with E-state index in [1.165, 1.54) is 11.3 Å². The van der Waals surface area contributed by atoms with Gasteiger partial charge in [-0.15, -0.1) is 11.3 Å². The summed E-state index contributed by atoms with van der Waals surface area (Å²) in [6.07, 6.45) is 2.26. The highest BCUT2D eigenvalue weighted by molar-refractivity contribution is 7.10. The Morgan fingerprint density at radius 3 is 2.44 bits per heavy atom. The average molecular weight is 242 g/mol. The highest BCUT2D eigenvalue weighted by atomic mass is 32.1. The SMILES string of the molecule is O=C(O)CCCc1csc(CCC(=O)O)c1. The van der Waals surface area contributed by atoms with E-state index in [-0.39, 0.29) is 12.8 Å². The third kappa shape index (κ3) is 4.93. The van der Waals surface area contributed by atoms with Crippen LogP contribution in [0.2, 0.25) is 0 Å². The van der Waals surface area contributed by atoms with Crippen molar-refractivity contribution in [2.75, 3.05) is 0 Å². The van der Waals surface area contributed by atoms with E-state index in [1.807, 2.05) is 11.4 Å². The molecule has 1 aromatic rings. The van der Waals surface area contributed by atoms with Gasteiger partial charge in [-0.2, -0.15) is 0 Å². The van der Waals surface area contributed by atoms with Crippen LogP contribution in [0.5, 0.6) is 0 Å². The maximum absolute atomic E-state index is 10.4. The van der Waals surface area contributed by atoms with Gasteiger partial charge in [0.15, 0.2) is 0 Å². The number of carbonyl (C=O) groups is 2. The van der Waals surface area contributed by atoms with Crippen molar-refractivity contribution in [3.05, 3.63) is 21.9 Å². The molecule has 4 nitrogen and oxygen atoms in total. The predicted octanol–water partition coefficient (Wildman–Crippen LogP) is 2.17. The van der Waals surface area contributed by atoms with Crippen LogP contribution in [0.1, 0.15) is 29.7 Å². The highest BCUT2D eigenvalue weighted by Gasteiger charge is 2.04. The zero-order valence-electron chi connectivity index (χ0n) is 8.81. The fourth-order valence-corrected chi connectivity index (χ4v) is 2.29. The first-order chi connectivity index (χ1) is 7.58. The molecule has 0 radical (unpaired) electrons. The first-order valence-corrected chi connectivity index (χ1v) is 5.96. The summed E-state index contributed by atoms with van der Waals surface area (Å²) in [5, 5.41) is 19.0. The van der Waals surface area contributed by atoms with E-state index in [4.69, 9.17) is 10.2 Å². The van der Waals surface area contributed by atoms with Gasteiger partial charge in [-0.3, -0.25) is 9.59 Å². The second-order valence-corrected chi connectivity index (χ2v) is 4.56. The van der Waals surface area contributed by atoms with Gasteiger partial charge in [-0.05, 0) is 36.3 Å². The summed E-state index contributed by atoms with van der Waals surface area (Å²) in [7, 11) is 0. The number of aliphatic carboxylic acids is 2. The number of carboxylic acid groups (broad SMARTS) is 2. The molecule has 2 N–H and O–H groups in total. The Hall–Kier alpha value is -1.36. The maximum atomic E-state index is 10.4. The number of rotatable bonds is 7. The van der Waals surface area contributed by atoms with E-state index in [9.17, 15) is 9.59 Å². The van der Waals surface area contributed by atoms with Crippen LogP contribution >= 0.6 is 11.3 Å². The Morgan fingerprint density at radius 2 is 1.81 bits per heavy atom. The monoisotopic (exact) mass is 242 g/mol. The van der Waals surface area contributed by atoms with Gasteiger partial charge in [0.25, 0.3) is 0 Å². The summed E-state index contributed by atoms with van der Waals surface area (Å²) >= 11 is 1.54. The Bertz CT molecular complexity index is 370. The smallest absolute Gasteiger partial charge is 0.303 e. The van der Waals surface area contributed by atoms with Crippen LogP contribution in [0.4, 0.5) is 0 Å². The number of carboxylic acids is 2. The van der Waals surface area contributed by atoms with E-state index in [0.717, 1.165) is 16.9 Å². The molecule has 0 aliphatic carbocycles. The zero-order valence-corrected chi connectivity index (χ0v) is 9.63. The molecule has 5 heteroatoms. The van der Waals surface area contributed by atoms with E-state index in [2.05, 4.69) is 0 Å². The van der Waals surface area contributed by atoms with Gasteiger partial charge in [0, 0.05) is 11.3 Å². The Morgan fingerprint density at radius 1 is 1.12 bits per heavy atom. The van der Waals surface area contributed by atoms with Crippen molar-refractivity contribution in [1.29, 1.82) is 0 Å². The van der Waals surface area contributed by atoms with Crippen LogP contribution in [-0.4, -0.2) is 22.2 Å². The Kier molecular flexibility index (Phi) is 4.98. The second-order valence-electron chi connectivity index (χ2n) is 3.56. The maximum Gasteiger partial charge on any atom is 0.303 e. The molecule has 0 amide bonds. The summed E-state index contributed by atoms with van der Waals surface area (Å²) in [5.41, 5.74) is 1.10. The summed E-state index contributed by atoms with van der Waals surface area (Å²) in [6, 6.07) is 1.97. The van der Waals surface area contributed by atoms with Gasteiger partial charge >= 0.3 is 11.9 Å². The first-order valence-electron chi connectivity index (χ1n) is 5.08. The third-order valence-corrected chi connectivity index (χ3v) is 3.19. The molecule has 0 aromatic carbocycles. The molecule has 0 fully saturated rings. The molecule has 0 aliphatic heterocycles. The molecule has 0 spiro atoms. The number of thiophene rings is 1. The van der Waals surface area contributed by atoms with Gasteiger partial charge in [0.2, 0.25) is 0 Å². The zero-order chi connectivity index (χ0) is 12.0. The van der Waals surface area contributed by atoms with Crippen LogP contribution in [0, 0.1) is 0 Å². The van der Waals surface area contributed by atoms with Crippen molar-refractivity contribution in [3.8, 4) is 0 Å². The van der Waals surface area contributed by atoms with Gasteiger partial charge in [-0.1, -0.05) is 0 Å². The normalized spacial score (nSPS) is 10.2. The molecule has 1 heterocycles. The minimum Gasteiger partial charge on any atom is -0.481 e.